The Morgan fingerprint density at radius 2 is 2.20 bits per heavy atom. The summed E-state index contributed by atoms with van der Waals surface area (Å²) in [5.74, 6) is -0.0551. The molecule has 3 heteroatoms. The summed E-state index contributed by atoms with van der Waals surface area (Å²) >= 11 is 0. The van der Waals surface area contributed by atoms with E-state index < -0.39 is 0 Å². The molecule has 0 aliphatic heterocycles. The molecule has 2 aliphatic carbocycles. The molecule has 0 N–H and O–H groups in total. The summed E-state index contributed by atoms with van der Waals surface area (Å²) < 4.78 is 5.13. The van der Waals surface area contributed by atoms with Crippen LogP contribution in [0.5, 0.6) is 0 Å². The Bertz CT molecular complexity index is 295. The first-order valence-electron chi connectivity index (χ1n) is 5.58. The molecule has 2 bridgehead atoms. The maximum atomic E-state index is 11.7. The highest BCUT2D eigenvalue weighted by Crippen LogP contribution is 2.47. The molecule has 0 aromatic carbocycles. The fourth-order valence-corrected chi connectivity index (χ4v) is 2.68. The predicted molar refractivity (Wildman–Crippen MR) is 55.0 cm³/mol. The second-order valence-corrected chi connectivity index (χ2v) is 4.36. The van der Waals surface area contributed by atoms with Gasteiger partial charge in [0.1, 0.15) is 6.29 Å². The highest BCUT2D eigenvalue weighted by molar-refractivity contribution is 5.79. The van der Waals surface area contributed by atoms with Crippen LogP contribution in [0.1, 0.15) is 19.8 Å². The fourth-order valence-electron chi connectivity index (χ4n) is 2.68. The lowest BCUT2D eigenvalue weighted by Gasteiger charge is -2.21. The summed E-state index contributed by atoms with van der Waals surface area (Å²) in [5.41, 5.74) is 0. The van der Waals surface area contributed by atoms with Gasteiger partial charge in [-0.15, -0.1) is 0 Å². The van der Waals surface area contributed by atoms with E-state index in [0.717, 1.165) is 19.1 Å². The average molecular weight is 208 g/mol. The SMILES string of the molecule is CCCOC(=O)C1C2C=CC(C2)C1C=O. The molecule has 0 saturated heterocycles. The van der Waals surface area contributed by atoms with Gasteiger partial charge in [0, 0.05) is 5.92 Å². The minimum atomic E-state index is -0.218. The van der Waals surface area contributed by atoms with Crippen molar-refractivity contribution >= 4 is 12.3 Å². The monoisotopic (exact) mass is 208 g/mol. The van der Waals surface area contributed by atoms with Crippen LogP contribution in [-0.2, 0) is 14.3 Å². The van der Waals surface area contributed by atoms with Crippen LogP contribution in [0.2, 0.25) is 0 Å². The van der Waals surface area contributed by atoms with Crippen LogP contribution in [0.25, 0.3) is 0 Å². The van der Waals surface area contributed by atoms with E-state index in [1.807, 2.05) is 6.92 Å². The van der Waals surface area contributed by atoms with Gasteiger partial charge in [0.15, 0.2) is 0 Å². The smallest absolute Gasteiger partial charge is 0.310 e. The minimum Gasteiger partial charge on any atom is -0.465 e. The summed E-state index contributed by atoms with van der Waals surface area (Å²) in [6, 6.07) is 0. The molecular weight excluding hydrogens is 192 g/mol. The topological polar surface area (TPSA) is 43.4 Å². The molecule has 4 atom stereocenters. The molecular formula is C12H16O3. The van der Waals surface area contributed by atoms with Crippen molar-refractivity contribution in [3.8, 4) is 0 Å². The molecule has 82 valence electrons. The minimum absolute atomic E-state index is 0.149. The van der Waals surface area contributed by atoms with Crippen molar-refractivity contribution in [2.45, 2.75) is 19.8 Å². The van der Waals surface area contributed by atoms with Crippen LogP contribution in [0, 0.1) is 23.7 Å². The van der Waals surface area contributed by atoms with E-state index in [1.165, 1.54) is 0 Å². The number of carbonyl (C=O) groups is 2. The molecule has 2 aliphatic rings. The third-order valence-electron chi connectivity index (χ3n) is 3.40. The van der Waals surface area contributed by atoms with Gasteiger partial charge in [-0.2, -0.15) is 0 Å². The van der Waals surface area contributed by atoms with E-state index in [0.29, 0.717) is 6.61 Å². The zero-order chi connectivity index (χ0) is 10.8. The number of hydrogen-bond donors (Lipinski definition) is 0. The highest BCUT2D eigenvalue weighted by Gasteiger charge is 2.48. The van der Waals surface area contributed by atoms with Crippen LogP contribution < -0.4 is 0 Å². The van der Waals surface area contributed by atoms with Crippen LogP contribution in [-0.4, -0.2) is 18.9 Å². The first kappa shape index (κ1) is 10.4. The van der Waals surface area contributed by atoms with Crippen LogP contribution in [0.3, 0.4) is 0 Å². The number of hydrogen-bond acceptors (Lipinski definition) is 3. The molecule has 4 unspecified atom stereocenters. The molecule has 1 fully saturated rings. The molecule has 0 aromatic heterocycles. The summed E-state index contributed by atoms with van der Waals surface area (Å²) in [6.45, 7) is 2.42. The Kier molecular flexibility index (Phi) is 2.89. The standard InChI is InChI=1S/C12H16O3/c1-2-5-15-12(14)11-9-4-3-8(6-9)10(11)7-13/h3-4,7-11H,2,5-6H2,1H3. The van der Waals surface area contributed by atoms with Gasteiger partial charge in [-0.25, -0.2) is 0 Å². The lowest BCUT2D eigenvalue weighted by atomic mass is 9.84. The Balaban J connectivity index is 2.05. The molecule has 0 aromatic rings. The largest absolute Gasteiger partial charge is 0.465 e. The Hall–Kier alpha value is -1.12. The van der Waals surface area contributed by atoms with Gasteiger partial charge >= 0.3 is 5.97 Å². The van der Waals surface area contributed by atoms with Crippen LogP contribution in [0.4, 0.5) is 0 Å². The summed E-state index contributed by atoms with van der Waals surface area (Å²) in [7, 11) is 0. The summed E-state index contributed by atoms with van der Waals surface area (Å²) in [6.07, 6.45) is 6.81. The fraction of sp³-hybridized carbons (Fsp3) is 0.667. The van der Waals surface area contributed by atoms with Gasteiger partial charge in [-0.05, 0) is 24.7 Å². The van der Waals surface area contributed by atoms with Crippen molar-refractivity contribution in [2.24, 2.45) is 23.7 Å². The Morgan fingerprint density at radius 1 is 1.47 bits per heavy atom. The number of ether oxygens (including phenoxy) is 1. The highest BCUT2D eigenvalue weighted by atomic mass is 16.5. The maximum Gasteiger partial charge on any atom is 0.310 e. The molecule has 0 amide bonds. The average Bonchev–Trinajstić information content (AvgIpc) is 2.84. The van der Waals surface area contributed by atoms with Crippen LogP contribution in [0.15, 0.2) is 12.2 Å². The molecule has 3 nitrogen and oxygen atoms in total. The number of aldehydes is 1. The van der Waals surface area contributed by atoms with Crippen molar-refractivity contribution in [1.29, 1.82) is 0 Å². The molecule has 0 heterocycles. The maximum absolute atomic E-state index is 11.7. The van der Waals surface area contributed by atoms with Crippen molar-refractivity contribution in [1.82, 2.24) is 0 Å². The van der Waals surface area contributed by atoms with E-state index in [9.17, 15) is 9.59 Å². The molecule has 15 heavy (non-hydrogen) atoms. The number of esters is 1. The summed E-state index contributed by atoms with van der Waals surface area (Å²) in [5, 5.41) is 0. The lowest BCUT2D eigenvalue weighted by molar-refractivity contribution is -0.152. The lowest BCUT2D eigenvalue weighted by Crippen LogP contribution is -2.30. The van der Waals surface area contributed by atoms with E-state index in [4.69, 9.17) is 4.74 Å². The molecule has 2 rings (SSSR count). The van der Waals surface area contributed by atoms with Gasteiger partial charge in [0.05, 0.1) is 12.5 Å². The predicted octanol–water partition coefficient (Wildman–Crippen LogP) is 1.58. The van der Waals surface area contributed by atoms with E-state index in [2.05, 4.69) is 12.2 Å². The third-order valence-corrected chi connectivity index (χ3v) is 3.40. The third kappa shape index (κ3) is 1.71. The number of fused-ring (bicyclic) bond motifs is 2. The normalized spacial score (nSPS) is 36.9. The second-order valence-electron chi connectivity index (χ2n) is 4.36. The zero-order valence-corrected chi connectivity index (χ0v) is 8.89. The van der Waals surface area contributed by atoms with Crippen molar-refractivity contribution in [2.75, 3.05) is 6.61 Å². The Morgan fingerprint density at radius 3 is 2.87 bits per heavy atom. The molecule has 0 spiro atoms. The quantitative estimate of drug-likeness (QED) is 0.400. The second kappa shape index (κ2) is 4.17. The van der Waals surface area contributed by atoms with Crippen LogP contribution >= 0.6 is 0 Å². The van der Waals surface area contributed by atoms with Gasteiger partial charge in [-0.3, -0.25) is 4.79 Å². The van der Waals surface area contributed by atoms with Crippen molar-refractivity contribution in [3.63, 3.8) is 0 Å². The molecule has 0 radical (unpaired) electrons. The van der Waals surface area contributed by atoms with Gasteiger partial charge < -0.3 is 9.53 Å². The van der Waals surface area contributed by atoms with Gasteiger partial charge in [0.25, 0.3) is 0 Å². The van der Waals surface area contributed by atoms with Gasteiger partial charge in [-0.1, -0.05) is 19.1 Å². The first-order chi connectivity index (χ1) is 7.27. The molecule has 1 saturated carbocycles. The van der Waals surface area contributed by atoms with Crippen molar-refractivity contribution < 1.29 is 14.3 Å². The van der Waals surface area contributed by atoms with E-state index in [1.54, 1.807) is 0 Å². The van der Waals surface area contributed by atoms with E-state index in [-0.39, 0.29) is 29.6 Å². The van der Waals surface area contributed by atoms with E-state index >= 15 is 0 Å². The zero-order valence-electron chi connectivity index (χ0n) is 8.89. The summed E-state index contributed by atoms with van der Waals surface area (Å²) in [4.78, 5) is 22.7. The van der Waals surface area contributed by atoms with Gasteiger partial charge in [0.2, 0.25) is 0 Å². The number of allylic oxidation sites excluding steroid dienone is 2. The van der Waals surface area contributed by atoms with Crippen molar-refractivity contribution in [3.05, 3.63) is 12.2 Å². The number of rotatable bonds is 4. The first-order valence-corrected chi connectivity index (χ1v) is 5.58. The number of carbonyl (C=O) groups excluding carboxylic acids is 2. The Labute approximate surface area is 89.5 Å².